The third kappa shape index (κ3) is 31.4. The van der Waals surface area contributed by atoms with Crippen molar-refractivity contribution in [3.63, 3.8) is 0 Å². The van der Waals surface area contributed by atoms with Crippen LogP contribution in [-0.2, 0) is 32.7 Å². The molecular formula is C49H87O13P. The second-order valence-corrected chi connectivity index (χ2v) is 18.3. The average Bonchev–Trinajstić information content (AvgIpc) is 3.26. The number of carbonyl (C=O) groups is 2. The number of carbonyl (C=O) groups excluding carboxylic acids is 2. The second kappa shape index (κ2) is 39.0. The van der Waals surface area contributed by atoms with Crippen LogP contribution in [0.15, 0.2) is 48.6 Å². The van der Waals surface area contributed by atoms with Crippen molar-refractivity contribution in [2.24, 2.45) is 0 Å². The van der Waals surface area contributed by atoms with E-state index >= 15 is 0 Å². The standard InChI is InChI=1S/C49H87O13P/c1-3-5-7-9-11-13-15-17-19-20-21-22-24-26-28-30-32-34-36-38-43(51)61-41(40-60-63(57,58)62-49-47(55)45(53)44(52)46(54)48(49)56)39-59-42(50)37-35-33-31-29-27-25-23-18-16-14-12-10-8-6-4-2/h6,8,12,14,18,20-21,23,41,44-49,52-56H,3-5,7,9-11,13,15-17,19,22,24-40H2,1-2H3,(H,57,58)/b8-6-,14-12-,21-20-,23-18-/t41-,44?,45-,46?,47?,48?,49?/m1/s1. The summed E-state index contributed by atoms with van der Waals surface area (Å²) in [5.41, 5.74) is 0. The quantitative estimate of drug-likeness (QED) is 0.0147. The summed E-state index contributed by atoms with van der Waals surface area (Å²) in [4.78, 5) is 35.8. The summed E-state index contributed by atoms with van der Waals surface area (Å²) in [7, 11) is -5.13. The summed E-state index contributed by atoms with van der Waals surface area (Å²) < 4.78 is 33.6. The normalized spacial score (nSPS) is 22.1. The van der Waals surface area contributed by atoms with Crippen LogP contribution in [0.1, 0.15) is 194 Å². The van der Waals surface area contributed by atoms with Gasteiger partial charge in [-0.3, -0.25) is 18.6 Å². The van der Waals surface area contributed by atoms with E-state index in [1.807, 2.05) is 0 Å². The Morgan fingerprint density at radius 3 is 1.40 bits per heavy atom. The molecule has 1 rings (SSSR count). The minimum Gasteiger partial charge on any atom is -0.462 e. The molecule has 1 fully saturated rings. The highest BCUT2D eigenvalue weighted by molar-refractivity contribution is 7.47. The Labute approximate surface area is 380 Å². The zero-order valence-corrected chi connectivity index (χ0v) is 39.8. The van der Waals surface area contributed by atoms with Gasteiger partial charge in [0, 0.05) is 12.8 Å². The van der Waals surface area contributed by atoms with Crippen molar-refractivity contribution < 1.29 is 63.1 Å². The van der Waals surface area contributed by atoms with Crippen LogP contribution < -0.4 is 0 Å². The molecule has 0 aromatic rings. The third-order valence-electron chi connectivity index (χ3n) is 11.2. The number of unbranched alkanes of at least 4 members (excludes halogenated alkanes) is 20. The van der Waals surface area contributed by atoms with Crippen LogP contribution in [0.3, 0.4) is 0 Å². The minimum absolute atomic E-state index is 0.0870. The molecule has 1 aliphatic carbocycles. The van der Waals surface area contributed by atoms with Gasteiger partial charge < -0.3 is 39.9 Å². The van der Waals surface area contributed by atoms with Crippen molar-refractivity contribution in [1.82, 2.24) is 0 Å². The summed E-state index contributed by atoms with van der Waals surface area (Å²) in [6.45, 7) is 3.18. The van der Waals surface area contributed by atoms with Crippen LogP contribution in [0, 0.1) is 0 Å². The zero-order chi connectivity index (χ0) is 46.4. The molecule has 0 bridgehead atoms. The van der Waals surface area contributed by atoms with Gasteiger partial charge in [0.2, 0.25) is 0 Å². The van der Waals surface area contributed by atoms with Gasteiger partial charge in [-0.1, -0.05) is 159 Å². The molecule has 0 radical (unpaired) electrons. The predicted molar refractivity (Wildman–Crippen MR) is 249 cm³/mol. The molecule has 0 amide bonds. The Morgan fingerprint density at radius 1 is 0.508 bits per heavy atom. The molecule has 1 aliphatic rings. The van der Waals surface area contributed by atoms with Crippen LogP contribution in [0.25, 0.3) is 0 Å². The molecule has 8 atom stereocenters. The number of aliphatic hydroxyl groups excluding tert-OH is 5. The van der Waals surface area contributed by atoms with E-state index in [-0.39, 0.29) is 12.8 Å². The van der Waals surface area contributed by atoms with Gasteiger partial charge in [-0.05, 0) is 70.6 Å². The molecule has 1 saturated carbocycles. The van der Waals surface area contributed by atoms with Crippen LogP contribution in [0.2, 0.25) is 0 Å². The average molecular weight is 915 g/mol. The van der Waals surface area contributed by atoms with Crippen LogP contribution >= 0.6 is 7.82 Å². The van der Waals surface area contributed by atoms with Crippen molar-refractivity contribution >= 4 is 19.8 Å². The van der Waals surface area contributed by atoms with Gasteiger partial charge in [-0.15, -0.1) is 0 Å². The molecule has 0 spiro atoms. The first-order valence-electron chi connectivity index (χ1n) is 24.4. The molecule has 6 N–H and O–H groups in total. The lowest BCUT2D eigenvalue weighted by Crippen LogP contribution is -2.64. The molecule has 63 heavy (non-hydrogen) atoms. The first-order chi connectivity index (χ1) is 30.4. The number of hydrogen-bond donors (Lipinski definition) is 6. The van der Waals surface area contributed by atoms with Crippen LogP contribution in [-0.4, -0.2) is 98.3 Å². The van der Waals surface area contributed by atoms with E-state index in [9.17, 15) is 44.6 Å². The number of rotatable bonds is 40. The highest BCUT2D eigenvalue weighted by Gasteiger charge is 2.51. The van der Waals surface area contributed by atoms with Gasteiger partial charge in [-0.2, -0.15) is 0 Å². The molecule has 366 valence electrons. The molecule has 0 aliphatic heterocycles. The largest absolute Gasteiger partial charge is 0.472 e. The molecular weight excluding hydrogens is 827 g/mol. The number of phosphoric acid groups is 1. The highest BCUT2D eigenvalue weighted by Crippen LogP contribution is 2.47. The first-order valence-corrected chi connectivity index (χ1v) is 25.9. The fourth-order valence-corrected chi connectivity index (χ4v) is 8.21. The van der Waals surface area contributed by atoms with Crippen LogP contribution in [0.5, 0.6) is 0 Å². The van der Waals surface area contributed by atoms with E-state index < -0.39 is 75.7 Å². The van der Waals surface area contributed by atoms with E-state index in [1.165, 1.54) is 70.6 Å². The fraction of sp³-hybridized carbons (Fsp3) is 0.796. The number of esters is 2. The number of aliphatic hydroxyl groups is 5. The maximum absolute atomic E-state index is 12.8. The Kier molecular flexibility index (Phi) is 36.4. The van der Waals surface area contributed by atoms with E-state index in [0.29, 0.717) is 12.8 Å². The zero-order valence-electron chi connectivity index (χ0n) is 38.9. The lowest BCUT2D eigenvalue weighted by Gasteiger charge is -2.41. The monoisotopic (exact) mass is 915 g/mol. The van der Waals surface area contributed by atoms with Crippen molar-refractivity contribution in [1.29, 1.82) is 0 Å². The van der Waals surface area contributed by atoms with Gasteiger partial charge in [0.15, 0.2) is 6.10 Å². The summed E-state index contributed by atoms with van der Waals surface area (Å²) >= 11 is 0. The van der Waals surface area contributed by atoms with Gasteiger partial charge in [0.1, 0.15) is 43.2 Å². The summed E-state index contributed by atoms with van der Waals surface area (Å²) in [6, 6.07) is 0. The maximum Gasteiger partial charge on any atom is 0.472 e. The van der Waals surface area contributed by atoms with E-state index in [2.05, 4.69) is 62.5 Å². The third-order valence-corrected chi connectivity index (χ3v) is 12.1. The summed E-state index contributed by atoms with van der Waals surface area (Å²) in [5.74, 6) is -1.12. The second-order valence-electron chi connectivity index (χ2n) is 16.9. The van der Waals surface area contributed by atoms with Crippen molar-refractivity contribution in [2.75, 3.05) is 13.2 Å². The van der Waals surface area contributed by atoms with Crippen molar-refractivity contribution in [3.05, 3.63) is 48.6 Å². The van der Waals surface area contributed by atoms with Gasteiger partial charge >= 0.3 is 19.8 Å². The molecule has 0 saturated heterocycles. The Morgan fingerprint density at radius 2 is 0.905 bits per heavy atom. The predicted octanol–water partition coefficient (Wildman–Crippen LogP) is 9.95. The number of hydrogen-bond acceptors (Lipinski definition) is 12. The van der Waals surface area contributed by atoms with Gasteiger partial charge in [-0.25, -0.2) is 4.57 Å². The topological polar surface area (TPSA) is 210 Å². The Hall–Kier alpha value is -2.19. The van der Waals surface area contributed by atoms with Crippen molar-refractivity contribution in [3.8, 4) is 0 Å². The number of allylic oxidation sites excluding steroid dienone is 8. The lowest BCUT2D eigenvalue weighted by molar-refractivity contribution is -0.220. The fourth-order valence-electron chi connectivity index (χ4n) is 7.24. The summed E-state index contributed by atoms with van der Waals surface area (Å²) in [6.07, 6.45) is 33.0. The van der Waals surface area contributed by atoms with E-state index in [0.717, 1.165) is 83.5 Å². The number of phosphoric ester groups is 1. The SMILES string of the molecule is CC/C=C\C/C=C\C/C=C\CCCCCCCC(=O)OC[C@H](COP(=O)(O)OC1C(O)C(O)C(O)[C@@H](O)C1O)OC(=O)CCCCCCCCC/C=C\CCCCCCCCCC. The first kappa shape index (κ1) is 58.8. The smallest absolute Gasteiger partial charge is 0.462 e. The molecule has 0 aromatic heterocycles. The Balaban J connectivity index is 2.44. The molecule has 6 unspecified atom stereocenters. The van der Waals surface area contributed by atoms with Gasteiger partial charge in [0.25, 0.3) is 0 Å². The molecule has 0 heterocycles. The highest BCUT2D eigenvalue weighted by atomic mass is 31.2. The van der Waals surface area contributed by atoms with Gasteiger partial charge in [0.05, 0.1) is 6.61 Å². The van der Waals surface area contributed by atoms with E-state index in [4.69, 9.17) is 18.5 Å². The number of ether oxygens (including phenoxy) is 2. The Bertz CT molecular complexity index is 1290. The minimum atomic E-state index is -5.13. The summed E-state index contributed by atoms with van der Waals surface area (Å²) in [5, 5.41) is 50.2. The lowest BCUT2D eigenvalue weighted by atomic mass is 9.85. The molecule has 13 nitrogen and oxygen atoms in total. The maximum atomic E-state index is 12.8. The molecule has 0 aromatic carbocycles. The molecule has 14 heteroatoms. The van der Waals surface area contributed by atoms with Crippen LogP contribution in [0.4, 0.5) is 0 Å². The van der Waals surface area contributed by atoms with Crippen molar-refractivity contribution in [2.45, 2.75) is 236 Å². The van der Waals surface area contributed by atoms with E-state index in [1.54, 1.807) is 0 Å².